The second-order valence-electron chi connectivity index (χ2n) is 5.64. The van der Waals surface area contributed by atoms with Crippen molar-refractivity contribution in [2.24, 2.45) is 11.7 Å². The highest BCUT2D eigenvalue weighted by atomic mass is 15.2. The number of para-hydroxylation sites is 1. The van der Waals surface area contributed by atoms with Crippen molar-refractivity contribution in [2.45, 2.75) is 19.3 Å². The van der Waals surface area contributed by atoms with Crippen LogP contribution in [0, 0.1) is 11.3 Å². The maximum atomic E-state index is 7.78. The summed E-state index contributed by atoms with van der Waals surface area (Å²) in [5.41, 5.74) is 7.39. The summed E-state index contributed by atoms with van der Waals surface area (Å²) >= 11 is 0. The number of anilines is 1. The number of rotatable bonds is 4. The average molecular weight is 268 g/mol. The Morgan fingerprint density at radius 2 is 2.15 bits per heavy atom. The summed E-state index contributed by atoms with van der Waals surface area (Å²) in [7, 11) is 2.07. The highest BCUT2D eigenvalue weighted by Crippen LogP contribution is 2.29. The number of nitrogens with two attached hydrogens (primary N) is 1. The monoisotopic (exact) mass is 268 g/mol. The Labute approximate surface area is 119 Å². The van der Waals surface area contributed by atoms with Crippen LogP contribution in [-0.4, -0.2) is 24.4 Å². The maximum Gasteiger partial charge on any atom is 0.129 e. The van der Waals surface area contributed by atoms with Gasteiger partial charge < -0.3 is 10.6 Å². The third-order valence-electron chi connectivity index (χ3n) is 4.14. The molecule has 0 unspecified atom stereocenters. The predicted octanol–water partition coefficient (Wildman–Crippen LogP) is 2.76. The molecule has 0 aliphatic heterocycles. The van der Waals surface area contributed by atoms with Crippen molar-refractivity contribution in [1.82, 2.24) is 4.98 Å². The molecule has 1 aromatic heterocycles. The summed E-state index contributed by atoms with van der Waals surface area (Å²) < 4.78 is 0. The number of pyridine rings is 1. The van der Waals surface area contributed by atoms with Crippen molar-refractivity contribution >= 4 is 22.6 Å². The first-order valence-electron chi connectivity index (χ1n) is 7.10. The molecular formula is C16H20N4. The highest BCUT2D eigenvalue weighted by molar-refractivity contribution is 6.07. The van der Waals surface area contributed by atoms with Crippen LogP contribution in [0.2, 0.25) is 0 Å². The fourth-order valence-corrected chi connectivity index (χ4v) is 2.74. The van der Waals surface area contributed by atoms with Gasteiger partial charge in [0.25, 0.3) is 0 Å². The first kappa shape index (κ1) is 12.9. The molecule has 0 spiro atoms. The quantitative estimate of drug-likeness (QED) is 0.662. The van der Waals surface area contributed by atoms with E-state index < -0.39 is 0 Å². The van der Waals surface area contributed by atoms with Gasteiger partial charge in [-0.2, -0.15) is 0 Å². The predicted molar refractivity (Wildman–Crippen MR) is 83.4 cm³/mol. The summed E-state index contributed by atoms with van der Waals surface area (Å²) in [6.45, 7) is 1.03. The molecule has 1 fully saturated rings. The van der Waals surface area contributed by atoms with E-state index in [2.05, 4.69) is 11.9 Å². The Morgan fingerprint density at radius 3 is 2.80 bits per heavy atom. The molecule has 2 aromatic rings. The van der Waals surface area contributed by atoms with Gasteiger partial charge in [0.05, 0.1) is 5.52 Å². The van der Waals surface area contributed by atoms with Gasteiger partial charge in [0, 0.05) is 24.5 Å². The third kappa shape index (κ3) is 2.33. The lowest BCUT2D eigenvalue weighted by Gasteiger charge is -2.31. The molecule has 1 aromatic carbocycles. The van der Waals surface area contributed by atoms with E-state index in [1.54, 1.807) is 0 Å². The minimum absolute atomic E-state index is 0.0990. The number of amidine groups is 1. The van der Waals surface area contributed by atoms with E-state index in [0.29, 0.717) is 0 Å². The first-order chi connectivity index (χ1) is 9.65. The van der Waals surface area contributed by atoms with Crippen molar-refractivity contribution in [3.05, 3.63) is 35.9 Å². The maximum absolute atomic E-state index is 7.78. The van der Waals surface area contributed by atoms with Crippen LogP contribution in [0.1, 0.15) is 24.8 Å². The molecule has 104 valence electrons. The summed E-state index contributed by atoms with van der Waals surface area (Å²) in [6, 6.07) is 9.80. The lowest BCUT2D eigenvalue weighted by atomic mass is 9.85. The van der Waals surface area contributed by atoms with Crippen molar-refractivity contribution < 1.29 is 0 Å². The van der Waals surface area contributed by atoms with Crippen molar-refractivity contribution in [1.29, 1.82) is 5.41 Å². The lowest BCUT2D eigenvalue weighted by Crippen LogP contribution is -2.30. The summed E-state index contributed by atoms with van der Waals surface area (Å²) in [4.78, 5) is 6.89. The zero-order valence-electron chi connectivity index (χ0n) is 11.8. The van der Waals surface area contributed by atoms with Crippen molar-refractivity contribution in [3.63, 3.8) is 0 Å². The molecule has 0 atom stereocenters. The summed E-state index contributed by atoms with van der Waals surface area (Å²) in [6.07, 6.45) is 3.98. The fourth-order valence-electron chi connectivity index (χ4n) is 2.74. The Hall–Kier alpha value is -2.10. The Bertz CT molecular complexity index is 646. The van der Waals surface area contributed by atoms with Crippen molar-refractivity contribution in [2.75, 3.05) is 18.5 Å². The molecular weight excluding hydrogens is 248 g/mol. The molecule has 4 nitrogen and oxygen atoms in total. The molecule has 1 heterocycles. The van der Waals surface area contributed by atoms with E-state index in [1.165, 1.54) is 19.3 Å². The van der Waals surface area contributed by atoms with Gasteiger partial charge in [-0.1, -0.05) is 24.6 Å². The zero-order valence-corrected chi connectivity index (χ0v) is 11.8. The summed E-state index contributed by atoms with van der Waals surface area (Å²) in [5.74, 6) is 1.79. The second kappa shape index (κ2) is 5.12. The second-order valence-corrected chi connectivity index (χ2v) is 5.64. The number of benzene rings is 1. The smallest absolute Gasteiger partial charge is 0.129 e. The van der Waals surface area contributed by atoms with Gasteiger partial charge in [0.15, 0.2) is 0 Å². The van der Waals surface area contributed by atoms with Crippen LogP contribution >= 0.6 is 0 Å². The largest absolute Gasteiger partial charge is 0.384 e. The number of nitrogen functional groups attached to an aromatic ring is 1. The zero-order chi connectivity index (χ0) is 14.1. The van der Waals surface area contributed by atoms with Crippen LogP contribution in [0.4, 0.5) is 5.82 Å². The van der Waals surface area contributed by atoms with Gasteiger partial charge in [-0.15, -0.1) is 0 Å². The van der Waals surface area contributed by atoms with E-state index in [4.69, 9.17) is 16.1 Å². The Kier molecular flexibility index (Phi) is 3.30. The number of hydrogen-bond acceptors (Lipinski definition) is 3. The number of fused-ring (bicyclic) bond motifs is 1. The molecule has 0 bridgehead atoms. The van der Waals surface area contributed by atoms with Crippen LogP contribution in [-0.2, 0) is 0 Å². The van der Waals surface area contributed by atoms with E-state index >= 15 is 0 Å². The fraction of sp³-hybridized carbons (Fsp3) is 0.375. The lowest BCUT2D eigenvalue weighted by molar-refractivity contribution is 0.321. The van der Waals surface area contributed by atoms with Gasteiger partial charge >= 0.3 is 0 Å². The van der Waals surface area contributed by atoms with Crippen molar-refractivity contribution in [3.8, 4) is 0 Å². The molecule has 1 saturated carbocycles. The first-order valence-corrected chi connectivity index (χ1v) is 7.10. The van der Waals surface area contributed by atoms with Gasteiger partial charge in [-0.3, -0.25) is 5.41 Å². The van der Waals surface area contributed by atoms with Gasteiger partial charge in [0.1, 0.15) is 11.7 Å². The van der Waals surface area contributed by atoms with E-state index in [-0.39, 0.29) is 5.84 Å². The van der Waals surface area contributed by atoms with E-state index in [1.807, 2.05) is 30.3 Å². The number of nitrogens with zero attached hydrogens (tertiary/aromatic N) is 2. The molecule has 0 amide bonds. The Balaban J connectivity index is 2.00. The molecule has 4 heteroatoms. The normalized spacial score (nSPS) is 15.1. The molecule has 3 rings (SSSR count). The number of aromatic nitrogens is 1. The van der Waals surface area contributed by atoms with E-state index in [0.717, 1.165) is 34.7 Å². The minimum Gasteiger partial charge on any atom is -0.384 e. The number of nitrogens with one attached hydrogen (secondary N) is 1. The van der Waals surface area contributed by atoms with Crippen LogP contribution in [0.5, 0.6) is 0 Å². The van der Waals surface area contributed by atoms with Gasteiger partial charge in [-0.25, -0.2) is 4.98 Å². The standard InChI is InChI=1S/C16H20N4/c1-20(10-11-5-4-6-11)15-9-13(16(17)18)12-7-2-3-8-14(12)19-15/h2-3,7-9,11H,4-6,10H2,1H3,(H3,17,18). The summed E-state index contributed by atoms with van der Waals surface area (Å²) in [5, 5.41) is 8.72. The van der Waals surface area contributed by atoms with Crippen LogP contribution in [0.3, 0.4) is 0 Å². The van der Waals surface area contributed by atoms with Crippen LogP contribution < -0.4 is 10.6 Å². The molecule has 0 radical (unpaired) electrons. The van der Waals surface area contributed by atoms with Crippen LogP contribution in [0.15, 0.2) is 30.3 Å². The molecule has 20 heavy (non-hydrogen) atoms. The molecule has 3 N–H and O–H groups in total. The van der Waals surface area contributed by atoms with Gasteiger partial charge in [-0.05, 0) is 30.9 Å². The molecule has 1 aliphatic carbocycles. The SMILES string of the molecule is CN(CC1CCC1)c1cc(C(=N)N)c2ccccc2n1. The number of hydrogen-bond donors (Lipinski definition) is 2. The molecule has 0 saturated heterocycles. The van der Waals surface area contributed by atoms with E-state index in [9.17, 15) is 0 Å². The topological polar surface area (TPSA) is 66.0 Å². The van der Waals surface area contributed by atoms with Gasteiger partial charge in [0.2, 0.25) is 0 Å². The minimum atomic E-state index is 0.0990. The molecule has 1 aliphatic rings. The third-order valence-corrected chi connectivity index (χ3v) is 4.14. The highest BCUT2D eigenvalue weighted by Gasteiger charge is 2.20. The average Bonchev–Trinajstić information content (AvgIpc) is 2.41. The Morgan fingerprint density at radius 1 is 1.40 bits per heavy atom. The van der Waals surface area contributed by atoms with Crippen LogP contribution in [0.25, 0.3) is 10.9 Å².